The second-order valence-corrected chi connectivity index (χ2v) is 4.75. The first-order valence-electron chi connectivity index (χ1n) is 6.43. The molecule has 1 unspecified atom stereocenters. The highest BCUT2D eigenvalue weighted by molar-refractivity contribution is 5.13. The Morgan fingerprint density at radius 2 is 2.12 bits per heavy atom. The third kappa shape index (κ3) is 4.46. The molecule has 1 aliphatic rings. The highest BCUT2D eigenvalue weighted by Crippen LogP contribution is 2.02. The van der Waals surface area contributed by atoms with Gasteiger partial charge in [-0.15, -0.1) is 0 Å². The molecule has 94 valence electrons. The summed E-state index contributed by atoms with van der Waals surface area (Å²) in [4.78, 5) is 0. The van der Waals surface area contributed by atoms with Gasteiger partial charge in [0.05, 0.1) is 6.61 Å². The van der Waals surface area contributed by atoms with E-state index in [2.05, 4.69) is 29.7 Å². The summed E-state index contributed by atoms with van der Waals surface area (Å²) in [5, 5.41) is 6.83. The van der Waals surface area contributed by atoms with Crippen molar-refractivity contribution in [3.63, 3.8) is 0 Å². The molecule has 0 radical (unpaired) electrons. The number of benzene rings is 1. The maximum Gasteiger partial charge on any atom is 0.0716 e. The molecule has 2 N–H and O–H groups in total. The third-order valence-electron chi connectivity index (χ3n) is 3.11. The van der Waals surface area contributed by atoms with Gasteiger partial charge in [0.25, 0.3) is 0 Å². The average molecular weight is 234 g/mol. The molecule has 3 heteroatoms. The van der Waals surface area contributed by atoms with Crippen LogP contribution in [0.15, 0.2) is 30.3 Å². The molecule has 1 saturated heterocycles. The summed E-state index contributed by atoms with van der Waals surface area (Å²) in [7, 11) is 0. The van der Waals surface area contributed by atoms with Crippen LogP contribution in [0.2, 0.25) is 0 Å². The van der Waals surface area contributed by atoms with Crippen molar-refractivity contribution >= 4 is 0 Å². The zero-order chi connectivity index (χ0) is 11.9. The van der Waals surface area contributed by atoms with Crippen LogP contribution in [0, 0.1) is 0 Å². The molecule has 3 nitrogen and oxygen atoms in total. The van der Waals surface area contributed by atoms with Crippen molar-refractivity contribution < 1.29 is 4.74 Å². The van der Waals surface area contributed by atoms with Crippen LogP contribution in [0.5, 0.6) is 0 Å². The van der Waals surface area contributed by atoms with Crippen molar-refractivity contribution in [2.75, 3.05) is 19.7 Å². The summed E-state index contributed by atoms with van der Waals surface area (Å²) in [5.41, 5.74) is 1.25. The van der Waals surface area contributed by atoms with E-state index in [1.807, 2.05) is 18.2 Å². The maximum absolute atomic E-state index is 5.67. The van der Waals surface area contributed by atoms with Gasteiger partial charge >= 0.3 is 0 Å². The molecular formula is C14H22N2O. The fourth-order valence-corrected chi connectivity index (χ4v) is 1.92. The molecule has 0 saturated carbocycles. The van der Waals surface area contributed by atoms with E-state index in [1.54, 1.807) is 0 Å². The zero-order valence-electron chi connectivity index (χ0n) is 10.5. The van der Waals surface area contributed by atoms with Crippen LogP contribution in [0.3, 0.4) is 0 Å². The lowest BCUT2D eigenvalue weighted by Crippen LogP contribution is -2.57. The van der Waals surface area contributed by atoms with Crippen LogP contribution in [0.4, 0.5) is 0 Å². The van der Waals surface area contributed by atoms with Crippen molar-refractivity contribution in [3.05, 3.63) is 35.9 Å². The van der Waals surface area contributed by atoms with Crippen molar-refractivity contribution in [1.82, 2.24) is 10.6 Å². The Balaban J connectivity index is 1.53. The molecule has 1 heterocycles. The third-order valence-corrected chi connectivity index (χ3v) is 3.11. The van der Waals surface area contributed by atoms with E-state index < -0.39 is 0 Å². The molecule has 0 bridgehead atoms. The van der Waals surface area contributed by atoms with Gasteiger partial charge in [-0.2, -0.15) is 0 Å². The van der Waals surface area contributed by atoms with Crippen molar-refractivity contribution in [3.8, 4) is 0 Å². The second kappa shape index (κ2) is 6.74. The van der Waals surface area contributed by atoms with Gasteiger partial charge in [-0.3, -0.25) is 0 Å². The Bertz CT molecular complexity index is 311. The quantitative estimate of drug-likeness (QED) is 0.702. The Morgan fingerprint density at radius 1 is 1.35 bits per heavy atom. The van der Waals surface area contributed by atoms with E-state index in [-0.39, 0.29) is 0 Å². The molecule has 1 fully saturated rings. The number of ether oxygens (including phenoxy) is 1. The normalized spacial score (nSPS) is 17.7. The highest BCUT2D eigenvalue weighted by atomic mass is 16.5. The number of rotatable bonds is 7. The summed E-state index contributed by atoms with van der Waals surface area (Å²) < 4.78 is 5.67. The maximum atomic E-state index is 5.67. The van der Waals surface area contributed by atoms with E-state index >= 15 is 0 Å². The first kappa shape index (κ1) is 12.6. The lowest BCUT2D eigenvalue weighted by molar-refractivity contribution is 0.110. The summed E-state index contributed by atoms with van der Waals surface area (Å²) in [5.74, 6) is 0. The molecule has 1 aliphatic heterocycles. The fraction of sp³-hybridized carbons (Fsp3) is 0.571. The summed E-state index contributed by atoms with van der Waals surface area (Å²) >= 11 is 0. The minimum Gasteiger partial charge on any atom is -0.377 e. The first-order valence-corrected chi connectivity index (χ1v) is 6.43. The monoisotopic (exact) mass is 234 g/mol. The van der Waals surface area contributed by atoms with E-state index in [1.165, 1.54) is 5.56 Å². The van der Waals surface area contributed by atoms with Gasteiger partial charge in [0, 0.05) is 31.8 Å². The summed E-state index contributed by atoms with van der Waals surface area (Å²) in [6.07, 6.45) is 1.07. The molecular weight excluding hydrogens is 212 g/mol. The largest absolute Gasteiger partial charge is 0.377 e. The van der Waals surface area contributed by atoms with Gasteiger partial charge in [0.1, 0.15) is 0 Å². The molecule has 1 atom stereocenters. The Morgan fingerprint density at radius 3 is 2.76 bits per heavy atom. The smallest absolute Gasteiger partial charge is 0.0716 e. The molecule has 2 rings (SSSR count). The molecule has 0 aromatic heterocycles. The molecule has 0 aliphatic carbocycles. The zero-order valence-corrected chi connectivity index (χ0v) is 10.5. The minimum absolute atomic E-state index is 0.540. The van der Waals surface area contributed by atoms with Gasteiger partial charge in [0.15, 0.2) is 0 Å². The van der Waals surface area contributed by atoms with Gasteiger partial charge in [-0.1, -0.05) is 30.3 Å². The van der Waals surface area contributed by atoms with Gasteiger partial charge in [0.2, 0.25) is 0 Å². The van der Waals surface area contributed by atoms with E-state index in [0.717, 1.165) is 32.7 Å². The lowest BCUT2D eigenvalue weighted by Gasteiger charge is -2.31. The molecule has 1 aromatic rings. The Hall–Kier alpha value is -0.900. The topological polar surface area (TPSA) is 33.3 Å². The number of hydrogen-bond acceptors (Lipinski definition) is 3. The number of hydrogen-bond donors (Lipinski definition) is 2. The minimum atomic E-state index is 0.540. The van der Waals surface area contributed by atoms with Gasteiger partial charge < -0.3 is 15.4 Å². The van der Waals surface area contributed by atoms with E-state index in [9.17, 15) is 0 Å². The average Bonchev–Trinajstić information content (AvgIpc) is 2.31. The number of nitrogens with one attached hydrogen (secondary N) is 2. The second-order valence-electron chi connectivity index (χ2n) is 4.75. The first-order chi connectivity index (χ1) is 8.34. The molecule has 0 amide bonds. The molecule has 1 aromatic carbocycles. The highest BCUT2D eigenvalue weighted by Gasteiger charge is 2.17. The van der Waals surface area contributed by atoms with Crippen LogP contribution >= 0.6 is 0 Å². The Labute approximate surface area is 104 Å². The standard InChI is InChI=1S/C14H22N2O/c1-12(16-14-9-15-10-14)7-8-17-11-13-5-3-2-4-6-13/h2-6,12,14-16H,7-11H2,1H3. The summed E-state index contributed by atoms with van der Waals surface area (Å²) in [6, 6.07) is 11.5. The van der Waals surface area contributed by atoms with E-state index in [0.29, 0.717) is 12.1 Å². The Kier molecular flexibility index (Phi) is 4.98. The predicted molar refractivity (Wildman–Crippen MR) is 70.0 cm³/mol. The fourth-order valence-electron chi connectivity index (χ4n) is 1.92. The summed E-state index contributed by atoms with van der Waals surface area (Å²) in [6.45, 7) is 5.98. The van der Waals surface area contributed by atoms with Crippen LogP contribution in [-0.4, -0.2) is 31.8 Å². The van der Waals surface area contributed by atoms with Crippen LogP contribution in [0.25, 0.3) is 0 Å². The van der Waals surface area contributed by atoms with Crippen LogP contribution < -0.4 is 10.6 Å². The van der Waals surface area contributed by atoms with Crippen LogP contribution in [-0.2, 0) is 11.3 Å². The van der Waals surface area contributed by atoms with Crippen molar-refractivity contribution in [2.45, 2.75) is 32.0 Å². The molecule has 0 spiro atoms. The predicted octanol–water partition coefficient (Wildman–Crippen LogP) is 1.54. The van der Waals surface area contributed by atoms with Gasteiger partial charge in [-0.05, 0) is 18.9 Å². The molecule has 17 heavy (non-hydrogen) atoms. The SMILES string of the molecule is CC(CCOCc1ccccc1)NC1CNC1. The lowest BCUT2D eigenvalue weighted by atomic mass is 10.1. The van der Waals surface area contributed by atoms with Crippen molar-refractivity contribution in [1.29, 1.82) is 0 Å². The van der Waals surface area contributed by atoms with Crippen molar-refractivity contribution in [2.24, 2.45) is 0 Å². The van der Waals surface area contributed by atoms with E-state index in [4.69, 9.17) is 4.74 Å². The van der Waals surface area contributed by atoms with Crippen LogP contribution in [0.1, 0.15) is 18.9 Å². The van der Waals surface area contributed by atoms with Gasteiger partial charge in [-0.25, -0.2) is 0 Å².